The first-order valence-electron chi connectivity index (χ1n) is 4.75. The van der Waals surface area contributed by atoms with Gasteiger partial charge in [-0.25, -0.2) is 0 Å². The minimum atomic E-state index is -0.168. The number of hydrogen-bond donors (Lipinski definition) is 1. The van der Waals surface area contributed by atoms with Gasteiger partial charge in [-0.2, -0.15) is 0 Å². The lowest BCUT2D eigenvalue weighted by molar-refractivity contribution is -0.126. The largest absolute Gasteiger partial charge is 0.328 e. The summed E-state index contributed by atoms with van der Waals surface area (Å²) in [6, 6.07) is 0. The van der Waals surface area contributed by atoms with Crippen LogP contribution in [0.2, 0.25) is 0 Å². The van der Waals surface area contributed by atoms with Crippen molar-refractivity contribution in [3.8, 4) is 0 Å². The molecule has 0 unspecified atom stereocenters. The van der Waals surface area contributed by atoms with Crippen LogP contribution >= 0.6 is 0 Å². The number of nitrogens with zero attached hydrogens (tertiary/aromatic N) is 1. The Morgan fingerprint density at radius 1 is 1.38 bits per heavy atom. The van der Waals surface area contributed by atoms with Crippen molar-refractivity contribution in [2.45, 2.75) is 32.2 Å². The van der Waals surface area contributed by atoms with Crippen molar-refractivity contribution in [2.24, 2.45) is 0 Å². The zero-order valence-electron chi connectivity index (χ0n) is 8.48. The van der Waals surface area contributed by atoms with E-state index in [1.165, 1.54) is 5.57 Å². The zero-order chi connectivity index (χ0) is 9.64. The summed E-state index contributed by atoms with van der Waals surface area (Å²) in [5.74, 6) is 0.185. The molecular weight excluding hydrogens is 164 g/mol. The second-order valence-electron chi connectivity index (χ2n) is 4.25. The van der Waals surface area contributed by atoms with Crippen LogP contribution in [0.4, 0.5) is 0 Å². The Labute approximate surface area is 78.8 Å². The smallest absolute Gasteiger partial charge is 0.244 e. The maximum absolute atomic E-state index is 11.8. The minimum Gasteiger partial charge on any atom is -0.328 e. The summed E-state index contributed by atoms with van der Waals surface area (Å²) in [5, 5.41) is 2.97. The van der Waals surface area contributed by atoms with Crippen molar-refractivity contribution in [1.82, 2.24) is 10.2 Å². The van der Waals surface area contributed by atoms with E-state index < -0.39 is 0 Å². The molecule has 0 bridgehead atoms. The molecule has 72 valence electrons. The number of carbonyl (C=O) groups is 1. The molecule has 0 saturated heterocycles. The van der Waals surface area contributed by atoms with E-state index in [0.29, 0.717) is 0 Å². The number of hydrogen-bond acceptors (Lipinski definition) is 2. The molecule has 0 aromatic heterocycles. The maximum atomic E-state index is 11.8. The lowest BCUT2D eigenvalue weighted by Crippen LogP contribution is -2.44. The Morgan fingerprint density at radius 2 is 2.00 bits per heavy atom. The van der Waals surface area contributed by atoms with E-state index in [2.05, 4.69) is 17.1 Å². The molecule has 1 spiro atoms. The molecule has 1 heterocycles. The van der Waals surface area contributed by atoms with Gasteiger partial charge < -0.3 is 5.32 Å². The predicted octanol–water partition coefficient (Wildman–Crippen LogP) is 0.874. The van der Waals surface area contributed by atoms with Crippen LogP contribution in [0.3, 0.4) is 0 Å². The van der Waals surface area contributed by atoms with Crippen LogP contribution in [0.25, 0.3) is 0 Å². The Bertz CT molecular complexity index is 289. The third kappa shape index (κ3) is 1.18. The fraction of sp³-hybridized carbons (Fsp3) is 0.700. The van der Waals surface area contributed by atoms with Crippen molar-refractivity contribution in [1.29, 1.82) is 0 Å². The highest BCUT2D eigenvalue weighted by Gasteiger charge is 2.53. The second-order valence-corrected chi connectivity index (χ2v) is 4.25. The van der Waals surface area contributed by atoms with Crippen LogP contribution in [-0.2, 0) is 4.79 Å². The molecule has 0 aromatic carbocycles. The molecule has 0 aromatic rings. The fourth-order valence-electron chi connectivity index (χ4n) is 1.92. The minimum absolute atomic E-state index is 0.168. The molecule has 1 aliphatic carbocycles. The normalized spacial score (nSPS) is 27.5. The molecule has 0 radical (unpaired) electrons. The van der Waals surface area contributed by atoms with Crippen LogP contribution in [0.5, 0.6) is 0 Å². The Kier molecular flexibility index (Phi) is 1.74. The first-order chi connectivity index (χ1) is 6.06. The molecule has 3 nitrogen and oxygen atoms in total. The van der Waals surface area contributed by atoms with Gasteiger partial charge in [-0.1, -0.05) is 0 Å². The van der Waals surface area contributed by atoms with Gasteiger partial charge in [-0.3, -0.25) is 9.69 Å². The first-order valence-corrected chi connectivity index (χ1v) is 4.75. The van der Waals surface area contributed by atoms with E-state index >= 15 is 0 Å². The molecule has 1 saturated carbocycles. The monoisotopic (exact) mass is 180 g/mol. The molecule has 2 rings (SSSR count). The van der Waals surface area contributed by atoms with Crippen LogP contribution in [0.15, 0.2) is 11.3 Å². The van der Waals surface area contributed by atoms with Gasteiger partial charge in [0.25, 0.3) is 0 Å². The summed E-state index contributed by atoms with van der Waals surface area (Å²) in [4.78, 5) is 14.0. The molecule has 0 atom stereocenters. The second kappa shape index (κ2) is 2.58. The van der Waals surface area contributed by atoms with Gasteiger partial charge in [0.1, 0.15) is 5.54 Å². The van der Waals surface area contributed by atoms with Gasteiger partial charge in [-0.05, 0) is 39.3 Å². The van der Waals surface area contributed by atoms with Gasteiger partial charge in [0, 0.05) is 12.2 Å². The predicted molar refractivity (Wildman–Crippen MR) is 51.1 cm³/mol. The van der Waals surface area contributed by atoms with E-state index in [1.54, 1.807) is 0 Å². The average Bonchev–Trinajstić information content (AvgIpc) is 2.82. The third-order valence-electron chi connectivity index (χ3n) is 3.29. The van der Waals surface area contributed by atoms with E-state index in [9.17, 15) is 4.79 Å². The highest BCUT2D eigenvalue weighted by molar-refractivity contribution is 5.91. The van der Waals surface area contributed by atoms with Gasteiger partial charge in [0.05, 0.1) is 0 Å². The SMILES string of the molecule is CC1=C(C)NC(=O)C2(CC2)N(C)C1. The van der Waals surface area contributed by atoms with E-state index in [1.807, 2.05) is 14.0 Å². The lowest BCUT2D eigenvalue weighted by Gasteiger charge is -2.23. The van der Waals surface area contributed by atoms with Crippen LogP contribution in [0, 0.1) is 0 Å². The number of amides is 1. The van der Waals surface area contributed by atoms with Crippen molar-refractivity contribution < 1.29 is 4.79 Å². The average molecular weight is 180 g/mol. The maximum Gasteiger partial charge on any atom is 0.244 e. The van der Waals surface area contributed by atoms with E-state index in [0.717, 1.165) is 25.1 Å². The third-order valence-corrected chi connectivity index (χ3v) is 3.29. The zero-order valence-corrected chi connectivity index (χ0v) is 8.48. The van der Waals surface area contributed by atoms with E-state index in [4.69, 9.17) is 0 Å². The molecule has 13 heavy (non-hydrogen) atoms. The number of nitrogens with one attached hydrogen (secondary N) is 1. The summed E-state index contributed by atoms with van der Waals surface area (Å²) in [7, 11) is 2.04. The highest BCUT2D eigenvalue weighted by atomic mass is 16.2. The first kappa shape index (κ1) is 8.75. The van der Waals surface area contributed by atoms with Gasteiger partial charge in [0.15, 0.2) is 0 Å². The number of allylic oxidation sites excluding steroid dienone is 1. The van der Waals surface area contributed by atoms with Gasteiger partial charge in [-0.15, -0.1) is 0 Å². The lowest BCUT2D eigenvalue weighted by atomic mass is 10.2. The molecule has 3 heteroatoms. The van der Waals surface area contributed by atoms with Gasteiger partial charge >= 0.3 is 0 Å². The van der Waals surface area contributed by atoms with Gasteiger partial charge in [0.2, 0.25) is 5.91 Å². The van der Waals surface area contributed by atoms with Crippen molar-refractivity contribution in [2.75, 3.05) is 13.6 Å². The summed E-state index contributed by atoms with van der Waals surface area (Å²) in [6.45, 7) is 4.96. The highest BCUT2D eigenvalue weighted by Crippen LogP contribution is 2.42. The molecule has 1 N–H and O–H groups in total. The number of carbonyl (C=O) groups excluding carboxylic acids is 1. The standard InChI is InChI=1S/C10H16N2O/c1-7-6-12(3)10(4-5-10)9(13)11-8(7)2/h4-6H2,1-3H3,(H,11,13). The van der Waals surface area contributed by atoms with Crippen molar-refractivity contribution >= 4 is 5.91 Å². The molecular formula is C10H16N2O. The fourth-order valence-corrected chi connectivity index (χ4v) is 1.92. The Balaban J connectivity index is 2.29. The number of rotatable bonds is 0. The summed E-state index contributed by atoms with van der Waals surface area (Å²) in [6.07, 6.45) is 2.02. The van der Waals surface area contributed by atoms with Crippen LogP contribution in [-0.4, -0.2) is 29.9 Å². The molecule has 1 aliphatic heterocycles. The molecule has 1 fully saturated rings. The van der Waals surface area contributed by atoms with Crippen LogP contribution < -0.4 is 5.32 Å². The van der Waals surface area contributed by atoms with E-state index in [-0.39, 0.29) is 11.4 Å². The van der Waals surface area contributed by atoms with Crippen molar-refractivity contribution in [3.05, 3.63) is 11.3 Å². The Hall–Kier alpha value is -0.830. The summed E-state index contributed by atoms with van der Waals surface area (Å²) < 4.78 is 0. The quantitative estimate of drug-likeness (QED) is 0.600. The van der Waals surface area contributed by atoms with Crippen LogP contribution in [0.1, 0.15) is 26.7 Å². The molecule has 2 aliphatic rings. The Morgan fingerprint density at radius 3 is 2.54 bits per heavy atom. The molecule has 1 amide bonds. The summed E-state index contributed by atoms with van der Waals surface area (Å²) >= 11 is 0. The van der Waals surface area contributed by atoms with Crippen molar-refractivity contribution in [3.63, 3.8) is 0 Å². The summed E-state index contributed by atoms with van der Waals surface area (Å²) in [5.41, 5.74) is 2.12. The number of likely N-dealkylation sites (N-methyl/N-ethyl adjacent to an activating group) is 1. The topological polar surface area (TPSA) is 32.3 Å².